The van der Waals surface area contributed by atoms with E-state index in [1.165, 1.54) is 11.3 Å². The lowest BCUT2D eigenvalue weighted by Crippen LogP contribution is -2.53. The first-order valence-corrected chi connectivity index (χ1v) is 10.7. The van der Waals surface area contributed by atoms with Crippen molar-refractivity contribution < 1.29 is 9.53 Å². The number of carbonyl (C=O) groups is 1. The third-order valence-corrected chi connectivity index (χ3v) is 5.88. The maximum atomic E-state index is 11.6. The summed E-state index contributed by atoms with van der Waals surface area (Å²) in [7, 11) is 0. The first kappa shape index (κ1) is 19.8. The van der Waals surface area contributed by atoms with Crippen LogP contribution in [0, 0.1) is 5.92 Å². The maximum Gasteiger partial charge on any atom is 0.224 e. The van der Waals surface area contributed by atoms with Gasteiger partial charge in [0, 0.05) is 62.0 Å². The quantitative estimate of drug-likeness (QED) is 0.811. The van der Waals surface area contributed by atoms with E-state index in [-0.39, 0.29) is 5.91 Å². The summed E-state index contributed by atoms with van der Waals surface area (Å²) in [5.74, 6) is 1.36. The van der Waals surface area contributed by atoms with Crippen molar-refractivity contribution in [2.24, 2.45) is 5.92 Å². The van der Waals surface area contributed by atoms with Gasteiger partial charge in [-0.1, -0.05) is 31.2 Å². The van der Waals surface area contributed by atoms with Gasteiger partial charge >= 0.3 is 0 Å². The van der Waals surface area contributed by atoms with Crippen molar-refractivity contribution in [3.63, 3.8) is 0 Å². The van der Waals surface area contributed by atoms with Gasteiger partial charge in [-0.2, -0.15) is 0 Å². The minimum Gasteiger partial charge on any atom is -0.493 e. The summed E-state index contributed by atoms with van der Waals surface area (Å²) in [6, 6.07) is 17.2. The van der Waals surface area contributed by atoms with Gasteiger partial charge in [0.05, 0.1) is 6.61 Å². The average molecular weight is 394 g/mol. The van der Waals surface area contributed by atoms with Gasteiger partial charge in [0.1, 0.15) is 5.75 Å². The van der Waals surface area contributed by atoms with Crippen LogP contribution in [0.2, 0.25) is 0 Å². The Hall–Kier alpha value is -2.53. The van der Waals surface area contributed by atoms with E-state index in [2.05, 4.69) is 65.4 Å². The monoisotopic (exact) mass is 393 g/mol. The number of amides is 1. The fraction of sp³-hybridized carbons (Fsp3) is 0.458. The highest BCUT2D eigenvalue weighted by molar-refractivity contribution is 5.94. The van der Waals surface area contributed by atoms with Gasteiger partial charge in [-0.05, 0) is 37.1 Å². The molecule has 2 aliphatic rings. The van der Waals surface area contributed by atoms with Gasteiger partial charge in [0.15, 0.2) is 0 Å². The van der Waals surface area contributed by atoms with Crippen molar-refractivity contribution in [3.05, 3.63) is 54.1 Å². The number of nitrogens with one attached hydrogen (secondary N) is 1. The van der Waals surface area contributed by atoms with Crippen molar-refractivity contribution in [2.45, 2.75) is 32.7 Å². The lowest BCUT2D eigenvalue weighted by Gasteiger charge is -2.42. The molecule has 2 atom stereocenters. The molecule has 154 valence electrons. The Balaban J connectivity index is 1.26. The number of piperazine rings is 1. The van der Waals surface area contributed by atoms with Crippen LogP contribution in [-0.4, -0.2) is 49.6 Å². The average Bonchev–Trinajstić information content (AvgIpc) is 2.72. The minimum absolute atomic E-state index is 0.0896. The molecule has 0 radical (unpaired) electrons. The number of nitrogens with zero attached hydrogens (tertiary/aromatic N) is 2. The van der Waals surface area contributed by atoms with Crippen molar-refractivity contribution in [1.82, 2.24) is 4.90 Å². The molecule has 5 heteroatoms. The van der Waals surface area contributed by atoms with Gasteiger partial charge in [0.25, 0.3) is 0 Å². The fourth-order valence-corrected chi connectivity index (χ4v) is 4.37. The molecule has 1 saturated heterocycles. The highest BCUT2D eigenvalue weighted by Crippen LogP contribution is 2.27. The Morgan fingerprint density at radius 2 is 1.97 bits per heavy atom. The summed E-state index contributed by atoms with van der Waals surface area (Å²) in [5.41, 5.74) is 3.41. The summed E-state index contributed by atoms with van der Waals surface area (Å²) in [5, 5.41) is 2.94. The molecule has 1 amide bonds. The Labute approximate surface area is 173 Å². The van der Waals surface area contributed by atoms with Crippen LogP contribution in [-0.2, 0) is 11.2 Å². The SMILES string of the molecule is CC(COc1ccc2c(c1)NC(=O)CC2)CN1CCN(c2ccccc2)C(C)C1. The molecular formula is C24H31N3O2. The molecule has 0 saturated carbocycles. The molecule has 2 aromatic carbocycles. The van der Waals surface area contributed by atoms with Crippen LogP contribution in [0.1, 0.15) is 25.8 Å². The molecule has 2 heterocycles. The standard InChI is InChI=1S/C24H31N3O2/c1-18(17-29-22-10-8-20-9-11-24(28)25-23(20)14-22)15-26-12-13-27(19(2)16-26)21-6-4-3-5-7-21/h3-8,10,14,18-19H,9,11-13,15-17H2,1-2H3,(H,25,28). The molecule has 0 spiro atoms. The second-order valence-corrected chi connectivity index (χ2v) is 8.42. The van der Waals surface area contributed by atoms with Gasteiger partial charge in [-0.25, -0.2) is 0 Å². The smallest absolute Gasteiger partial charge is 0.224 e. The second kappa shape index (κ2) is 8.87. The summed E-state index contributed by atoms with van der Waals surface area (Å²) < 4.78 is 6.04. The molecule has 1 fully saturated rings. The molecule has 5 nitrogen and oxygen atoms in total. The first-order chi connectivity index (χ1) is 14.1. The molecule has 0 bridgehead atoms. The van der Waals surface area contributed by atoms with E-state index in [0.29, 0.717) is 25.0 Å². The van der Waals surface area contributed by atoms with Crippen molar-refractivity contribution >= 4 is 17.3 Å². The normalized spacial score (nSPS) is 20.7. The van der Waals surface area contributed by atoms with Gasteiger partial charge in [-0.3, -0.25) is 9.69 Å². The number of benzene rings is 2. The molecular weight excluding hydrogens is 362 g/mol. The summed E-state index contributed by atoms with van der Waals surface area (Å²) in [4.78, 5) is 16.6. The maximum absolute atomic E-state index is 11.6. The molecule has 2 aliphatic heterocycles. The number of anilines is 2. The van der Waals surface area contributed by atoms with E-state index in [0.717, 1.165) is 44.0 Å². The second-order valence-electron chi connectivity index (χ2n) is 8.42. The summed E-state index contributed by atoms with van der Waals surface area (Å²) in [6.07, 6.45) is 1.38. The zero-order valence-electron chi connectivity index (χ0n) is 17.4. The minimum atomic E-state index is 0.0896. The number of para-hydroxylation sites is 1. The van der Waals surface area contributed by atoms with Crippen LogP contribution in [0.4, 0.5) is 11.4 Å². The van der Waals surface area contributed by atoms with Crippen LogP contribution < -0.4 is 15.0 Å². The van der Waals surface area contributed by atoms with Crippen molar-refractivity contribution in [2.75, 3.05) is 43.0 Å². The fourth-order valence-electron chi connectivity index (χ4n) is 4.37. The summed E-state index contributed by atoms with van der Waals surface area (Å²) in [6.45, 7) is 9.48. The third-order valence-electron chi connectivity index (χ3n) is 5.88. The molecule has 4 rings (SSSR count). The predicted octanol–water partition coefficient (Wildman–Crippen LogP) is 3.80. The third kappa shape index (κ3) is 4.91. The van der Waals surface area contributed by atoms with Crippen LogP contribution in [0.25, 0.3) is 0 Å². The van der Waals surface area contributed by atoms with E-state index in [4.69, 9.17) is 4.74 Å². The number of hydrogen-bond acceptors (Lipinski definition) is 4. The number of hydrogen-bond donors (Lipinski definition) is 1. The Bertz CT molecular complexity index is 839. The van der Waals surface area contributed by atoms with Crippen LogP contribution >= 0.6 is 0 Å². The van der Waals surface area contributed by atoms with Gasteiger partial charge in [0.2, 0.25) is 5.91 Å². The highest BCUT2D eigenvalue weighted by atomic mass is 16.5. The number of carbonyl (C=O) groups excluding carboxylic acids is 1. The predicted molar refractivity (Wildman–Crippen MR) is 118 cm³/mol. The van der Waals surface area contributed by atoms with E-state index in [9.17, 15) is 4.79 Å². The zero-order valence-corrected chi connectivity index (χ0v) is 17.4. The van der Waals surface area contributed by atoms with Crippen LogP contribution in [0.3, 0.4) is 0 Å². The van der Waals surface area contributed by atoms with E-state index in [1.54, 1.807) is 0 Å². The molecule has 1 N–H and O–H groups in total. The zero-order chi connectivity index (χ0) is 20.2. The van der Waals surface area contributed by atoms with Crippen molar-refractivity contribution in [3.8, 4) is 5.75 Å². The number of aryl methyl sites for hydroxylation is 1. The molecule has 0 aliphatic carbocycles. The molecule has 29 heavy (non-hydrogen) atoms. The highest BCUT2D eigenvalue weighted by Gasteiger charge is 2.25. The van der Waals surface area contributed by atoms with Crippen LogP contribution in [0.5, 0.6) is 5.75 Å². The lowest BCUT2D eigenvalue weighted by atomic mass is 10.0. The first-order valence-electron chi connectivity index (χ1n) is 10.7. The summed E-state index contributed by atoms with van der Waals surface area (Å²) >= 11 is 0. The largest absolute Gasteiger partial charge is 0.493 e. The van der Waals surface area contributed by atoms with Gasteiger partial charge in [-0.15, -0.1) is 0 Å². The topological polar surface area (TPSA) is 44.8 Å². The van der Waals surface area contributed by atoms with E-state index in [1.807, 2.05) is 12.1 Å². The molecule has 2 unspecified atom stereocenters. The number of rotatable bonds is 6. The Kier molecular flexibility index (Phi) is 6.05. The van der Waals surface area contributed by atoms with E-state index >= 15 is 0 Å². The molecule has 2 aromatic rings. The number of ether oxygens (including phenoxy) is 1. The van der Waals surface area contributed by atoms with E-state index < -0.39 is 0 Å². The Morgan fingerprint density at radius 3 is 2.76 bits per heavy atom. The number of fused-ring (bicyclic) bond motifs is 1. The Morgan fingerprint density at radius 1 is 1.14 bits per heavy atom. The van der Waals surface area contributed by atoms with Crippen molar-refractivity contribution in [1.29, 1.82) is 0 Å². The van der Waals surface area contributed by atoms with Crippen LogP contribution in [0.15, 0.2) is 48.5 Å². The van der Waals surface area contributed by atoms with Gasteiger partial charge < -0.3 is 15.0 Å². The molecule has 0 aromatic heterocycles. The lowest BCUT2D eigenvalue weighted by molar-refractivity contribution is -0.116.